The van der Waals surface area contributed by atoms with Crippen LogP contribution in [0.15, 0.2) is 71.6 Å². The van der Waals surface area contributed by atoms with E-state index in [0.29, 0.717) is 67.1 Å². The summed E-state index contributed by atoms with van der Waals surface area (Å²) in [5, 5.41) is 9.32. The van der Waals surface area contributed by atoms with Crippen molar-refractivity contribution >= 4 is 22.1 Å². The van der Waals surface area contributed by atoms with Gasteiger partial charge in [0, 0.05) is 11.5 Å². The van der Waals surface area contributed by atoms with E-state index in [1.165, 1.54) is 17.1 Å². The zero-order valence-corrected chi connectivity index (χ0v) is 25.2. The summed E-state index contributed by atoms with van der Waals surface area (Å²) in [6.45, 7) is 1.93. The second-order valence-electron chi connectivity index (χ2n) is 11.8. The highest BCUT2D eigenvalue weighted by molar-refractivity contribution is 7.99. The number of rotatable bonds is 10. The topological polar surface area (TPSA) is 112 Å². The number of carbonyl (C=O) groups is 1. The number of hydrogen-bond acceptors (Lipinski definition) is 7. The van der Waals surface area contributed by atoms with Gasteiger partial charge in [-0.05, 0) is 92.7 Å². The van der Waals surface area contributed by atoms with Crippen molar-refractivity contribution in [1.82, 2.24) is 4.90 Å². The van der Waals surface area contributed by atoms with Gasteiger partial charge in [0.25, 0.3) is 0 Å². The highest BCUT2D eigenvalue weighted by atomic mass is 32.3. The number of aliphatic carboxylic acids is 1. The van der Waals surface area contributed by atoms with Gasteiger partial charge in [0.15, 0.2) is 26.8 Å². The van der Waals surface area contributed by atoms with Crippen molar-refractivity contribution in [3.8, 4) is 23.0 Å². The van der Waals surface area contributed by atoms with E-state index in [2.05, 4.69) is 0 Å². The minimum Gasteiger partial charge on any atom is -0.588 e. The van der Waals surface area contributed by atoms with Crippen LogP contribution in [-0.2, 0) is 24.8 Å². The molecule has 0 bridgehead atoms. The van der Waals surface area contributed by atoms with E-state index < -0.39 is 21.8 Å². The number of piperidine rings is 1. The molecule has 10 heteroatoms. The Labute approximate surface area is 253 Å². The third kappa shape index (κ3) is 6.09. The van der Waals surface area contributed by atoms with Crippen molar-refractivity contribution in [3.05, 3.63) is 72.3 Å². The monoisotopic (exact) mass is 606 g/mol. The van der Waals surface area contributed by atoms with Crippen LogP contribution in [0.3, 0.4) is 0 Å². The van der Waals surface area contributed by atoms with Crippen molar-refractivity contribution in [2.75, 3.05) is 44.2 Å². The Morgan fingerprint density at radius 1 is 1.00 bits per heavy atom. The standard InChI is InChI=1S/C33H38N2O7S/c1-40-30-19-28-29(20-31(30)41-22-24-7-5-6-8-24)35(23-33(28)15-17-34(18-16-33)21-32(36)37)43(38,39)27-13-11-26(12-14-27)42-25-9-3-2-4-10-25/h2-4,9-14,19-20,24H,5-8,15-18,21-23H2,1H3,(H-,36,37,38,39). The number of sulfonamides is 1. The second kappa shape index (κ2) is 12.2. The third-order valence-corrected chi connectivity index (χ3v) is 10.9. The number of carboxylic acids is 1. The molecule has 1 saturated heterocycles. The Hall–Kier alpha value is -3.60. The van der Waals surface area contributed by atoms with Crippen molar-refractivity contribution in [3.63, 3.8) is 0 Å². The molecule has 2 fully saturated rings. The molecule has 1 spiro atoms. The molecule has 1 aliphatic carbocycles. The molecule has 0 radical (unpaired) electrons. The van der Waals surface area contributed by atoms with Crippen LogP contribution in [0.1, 0.15) is 44.1 Å². The van der Waals surface area contributed by atoms with Crippen LogP contribution in [0.4, 0.5) is 5.69 Å². The van der Waals surface area contributed by atoms with E-state index in [-0.39, 0.29) is 18.0 Å². The minimum atomic E-state index is -3.94. The Bertz CT molecular complexity index is 1480. The van der Waals surface area contributed by atoms with Crippen LogP contribution in [0.5, 0.6) is 23.0 Å². The van der Waals surface area contributed by atoms with Gasteiger partial charge in [0.05, 0.1) is 32.5 Å². The van der Waals surface area contributed by atoms with E-state index in [4.69, 9.17) is 14.2 Å². The van der Waals surface area contributed by atoms with Crippen molar-refractivity contribution in [2.45, 2.75) is 48.8 Å². The van der Waals surface area contributed by atoms with Crippen LogP contribution in [0.2, 0.25) is 0 Å². The summed E-state index contributed by atoms with van der Waals surface area (Å²) in [6, 6.07) is 19.6. The van der Waals surface area contributed by atoms with Gasteiger partial charge in [-0.25, -0.2) is 0 Å². The highest BCUT2D eigenvalue weighted by Gasteiger charge is 2.51. The maximum absolute atomic E-state index is 14.3. The van der Waals surface area contributed by atoms with Gasteiger partial charge in [-0.1, -0.05) is 35.2 Å². The molecule has 1 atom stereocenters. The SMILES string of the molecule is COc1cc2c(cc1OCC1CCCC1)N([S+](=O)([O-])c1ccc(Oc3ccccc3)cc1)CC21CCN(CC(=O)O)CC1. The molecule has 2 aliphatic heterocycles. The molecule has 1 unspecified atom stereocenters. The third-order valence-electron chi connectivity index (χ3n) is 9.08. The van der Waals surface area contributed by atoms with E-state index >= 15 is 0 Å². The van der Waals surface area contributed by atoms with Crippen molar-refractivity contribution < 1.29 is 32.9 Å². The molecule has 3 aromatic carbocycles. The predicted molar refractivity (Wildman–Crippen MR) is 163 cm³/mol. The Morgan fingerprint density at radius 3 is 2.33 bits per heavy atom. The zero-order chi connectivity index (χ0) is 30.0. The number of carboxylic acid groups (broad SMARTS) is 1. The fraction of sp³-hybridized carbons (Fsp3) is 0.424. The molecular weight excluding hydrogens is 568 g/mol. The smallest absolute Gasteiger partial charge is 0.317 e. The molecule has 6 rings (SSSR count). The van der Waals surface area contributed by atoms with E-state index in [1.54, 1.807) is 31.4 Å². The average molecular weight is 607 g/mol. The molecule has 1 saturated carbocycles. The van der Waals surface area contributed by atoms with Gasteiger partial charge in [-0.15, -0.1) is 0 Å². The molecule has 3 aromatic rings. The number of ether oxygens (including phenoxy) is 3. The Kier molecular flexibility index (Phi) is 8.35. The Balaban J connectivity index is 1.32. The van der Waals surface area contributed by atoms with Crippen LogP contribution < -0.4 is 18.5 Å². The number of benzene rings is 3. The van der Waals surface area contributed by atoms with Crippen molar-refractivity contribution in [1.29, 1.82) is 0 Å². The maximum Gasteiger partial charge on any atom is 0.317 e. The molecule has 0 aromatic heterocycles. The zero-order valence-electron chi connectivity index (χ0n) is 24.4. The lowest BCUT2D eigenvalue weighted by atomic mass is 9.74. The summed E-state index contributed by atoms with van der Waals surface area (Å²) in [4.78, 5) is 13.4. The van der Waals surface area contributed by atoms with Crippen LogP contribution in [0.25, 0.3) is 0 Å². The van der Waals surface area contributed by atoms with Crippen LogP contribution >= 0.6 is 0 Å². The number of anilines is 1. The van der Waals surface area contributed by atoms with Crippen molar-refractivity contribution in [2.24, 2.45) is 5.92 Å². The van der Waals surface area contributed by atoms with Crippen LogP contribution in [-0.4, -0.2) is 60.4 Å². The second-order valence-corrected chi connectivity index (χ2v) is 13.7. The average Bonchev–Trinajstić information content (AvgIpc) is 3.64. The number of likely N-dealkylation sites (tertiary alicyclic amines) is 1. The lowest BCUT2D eigenvalue weighted by Gasteiger charge is -2.39. The molecule has 228 valence electrons. The predicted octanol–water partition coefficient (Wildman–Crippen LogP) is 5.90. The minimum absolute atomic E-state index is 0.0282. The summed E-state index contributed by atoms with van der Waals surface area (Å²) in [7, 11) is -2.34. The van der Waals surface area contributed by atoms with Gasteiger partial charge in [0.1, 0.15) is 11.5 Å². The fourth-order valence-electron chi connectivity index (χ4n) is 6.69. The lowest BCUT2D eigenvalue weighted by molar-refractivity contribution is -0.138. The first-order chi connectivity index (χ1) is 20.8. The number of methoxy groups -OCH3 is 1. The summed E-state index contributed by atoms with van der Waals surface area (Å²) in [6.07, 6.45) is 5.94. The van der Waals surface area contributed by atoms with Gasteiger partial charge in [0.2, 0.25) is 0 Å². The molecule has 1 N–H and O–H groups in total. The van der Waals surface area contributed by atoms with E-state index in [1.807, 2.05) is 47.4 Å². The number of fused-ring (bicyclic) bond motifs is 2. The van der Waals surface area contributed by atoms with Gasteiger partial charge in [-0.2, -0.15) is 4.31 Å². The summed E-state index contributed by atoms with van der Waals surface area (Å²) >= 11 is 0. The lowest BCUT2D eigenvalue weighted by Crippen LogP contribution is -2.48. The molecular formula is C33H38N2O7S. The molecule has 3 aliphatic rings. The van der Waals surface area contributed by atoms with Crippen LogP contribution in [0, 0.1) is 5.92 Å². The first kappa shape index (κ1) is 29.5. The number of hydrogen-bond donors (Lipinski definition) is 1. The first-order valence-electron chi connectivity index (χ1n) is 14.9. The summed E-state index contributed by atoms with van der Waals surface area (Å²) in [5.74, 6) is 1.96. The molecule has 9 nitrogen and oxygen atoms in total. The fourth-order valence-corrected chi connectivity index (χ4v) is 8.25. The van der Waals surface area contributed by atoms with Gasteiger partial charge < -0.3 is 23.9 Å². The van der Waals surface area contributed by atoms with Gasteiger partial charge >= 0.3 is 5.97 Å². The summed E-state index contributed by atoms with van der Waals surface area (Å²) in [5.41, 5.74) is 1.03. The van der Waals surface area contributed by atoms with Gasteiger partial charge in [-0.3, -0.25) is 9.69 Å². The molecule has 2 heterocycles. The number of nitrogens with zero attached hydrogens (tertiary/aromatic N) is 2. The Morgan fingerprint density at radius 2 is 1.67 bits per heavy atom. The largest absolute Gasteiger partial charge is 0.588 e. The normalized spacial score (nSPS) is 19.6. The van der Waals surface area contributed by atoms with E-state index in [9.17, 15) is 18.7 Å². The van der Waals surface area contributed by atoms with E-state index in [0.717, 1.165) is 18.4 Å². The maximum atomic E-state index is 14.3. The summed E-state index contributed by atoms with van der Waals surface area (Å²) < 4.78 is 47.9. The first-order valence-corrected chi connectivity index (χ1v) is 16.4. The number of para-hydroxylation sites is 1. The highest BCUT2D eigenvalue weighted by Crippen LogP contribution is 2.53. The quantitative estimate of drug-likeness (QED) is 0.284. The molecule has 43 heavy (non-hydrogen) atoms. The molecule has 0 amide bonds.